The van der Waals surface area contributed by atoms with Crippen molar-refractivity contribution in [1.29, 1.82) is 0 Å². The standard InChI is InChI=1S/C32H33ClFN3O4/c1-39-32(38)22-7-9-28-29(16-22)37(18-25-12-15-40-25)31(35-28)19-36-13-10-21(11-14-36)26-4-2-3-5-30(26)41-20-23-6-8-24(33)17-27(23)34/h2-9,16-17,21,25H,10-15,18-20H2,1H3/t25-/m0/s1. The minimum atomic E-state index is -0.361. The van der Waals surface area contributed by atoms with Crippen LogP contribution in [0.5, 0.6) is 5.75 Å². The van der Waals surface area contributed by atoms with Crippen LogP contribution in [-0.4, -0.2) is 53.3 Å². The summed E-state index contributed by atoms with van der Waals surface area (Å²) >= 11 is 5.89. The molecule has 2 aliphatic rings. The minimum absolute atomic E-state index is 0.150. The molecule has 1 aromatic heterocycles. The topological polar surface area (TPSA) is 65.8 Å². The quantitative estimate of drug-likeness (QED) is 0.216. The van der Waals surface area contributed by atoms with Crippen LogP contribution in [0.1, 0.15) is 52.5 Å². The van der Waals surface area contributed by atoms with Crippen LogP contribution in [0.2, 0.25) is 5.02 Å². The number of fused-ring (bicyclic) bond motifs is 1. The molecule has 2 aliphatic heterocycles. The van der Waals surface area contributed by atoms with Crippen molar-refractivity contribution >= 4 is 28.6 Å². The van der Waals surface area contributed by atoms with Crippen LogP contribution in [-0.2, 0) is 29.2 Å². The SMILES string of the molecule is COC(=O)c1ccc2nc(CN3CCC(c4ccccc4OCc4ccc(Cl)cc4F)CC3)n(C[C@@H]3CCO3)c2c1. The van der Waals surface area contributed by atoms with Gasteiger partial charge in [-0.2, -0.15) is 0 Å². The van der Waals surface area contributed by atoms with Crippen LogP contribution in [0, 0.1) is 5.82 Å². The molecule has 3 aromatic carbocycles. The summed E-state index contributed by atoms with van der Waals surface area (Å²) in [5, 5.41) is 0.372. The van der Waals surface area contributed by atoms with Crippen molar-refractivity contribution in [3.05, 3.63) is 94.0 Å². The molecule has 0 spiro atoms. The molecule has 0 bridgehead atoms. The third-order valence-electron chi connectivity index (χ3n) is 8.14. The van der Waals surface area contributed by atoms with Gasteiger partial charge in [-0.25, -0.2) is 14.2 Å². The molecule has 2 saturated heterocycles. The Hall–Kier alpha value is -3.46. The highest BCUT2D eigenvalue weighted by Gasteiger charge is 2.27. The number of ether oxygens (including phenoxy) is 3. The predicted octanol–water partition coefficient (Wildman–Crippen LogP) is 6.36. The summed E-state index contributed by atoms with van der Waals surface area (Å²) in [7, 11) is 1.39. The average molecular weight is 578 g/mol. The highest BCUT2D eigenvalue weighted by atomic mass is 35.5. The lowest BCUT2D eigenvalue weighted by molar-refractivity contribution is -0.0592. The zero-order chi connectivity index (χ0) is 28.3. The number of esters is 1. The van der Waals surface area contributed by atoms with Crippen LogP contribution in [0.4, 0.5) is 4.39 Å². The minimum Gasteiger partial charge on any atom is -0.489 e. The summed E-state index contributed by atoms with van der Waals surface area (Å²) in [4.78, 5) is 19.6. The first-order chi connectivity index (χ1) is 20.0. The predicted molar refractivity (Wildman–Crippen MR) is 155 cm³/mol. The van der Waals surface area contributed by atoms with Gasteiger partial charge >= 0.3 is 5.97 Å². The number of hydrogen-bond acceptors (Lipinski definition) is 6. The number of imidazole rings is 1. The highest BCUT2D eigenvalue weighted by Crippen LogP contribution is 2.35. The van der Waals surface area contributed by atoms with E-state index in [4.69, 9.17) is 30.8 Å². The molecule has 0 N–H and O–H groups in total. The number of aromatic nitrogens is 2. The van der Waals surface area contributed by atoms with Gasteiger partial charge in [0.1, 0.15) is 24.0 Å². The molecule has 0 saturated carbocycles. The Morgan fingerprint density at radius 2 is 1.90 bits per heavy atom. The number of benzene rings is 3. The van der Waals surface area contributed by atoms with Gasteiger partial charge in [0.15, 0.2) is 0 Å². The first kappa shape index (κ1) is 27.7. The number of carbonyl (C=O) groups is 1. The second-order valence-corrected chi connectivity index (χ2v) is 11.2. The van der Waals surface area contributed by atoms with Gasteiger partial charge < -0.3 is 18.8 Å². The van der Waals surface area contributed by atoms with Gasteiger partial charge in [0.2, 0.25) is 0 Å². The van der Waals surface area contributed by atoms with Crippen molar-refractivity contribution in [3.63, 3.8) is 0 Å². The van der Waals surface area contributed by atoms with Gasteiger partial charge in [0.25, 0.3) is 0 Å². The lowest BCUT2D eigenvalue weighted by Gasteiger charge is -2.33. The molecule has 1 atom stereocenters. The van der Waals surface area contributed by atoms with E-state index in [1.54, 1.807) is 18.2 Å². The number of para-hydroxylation sites is 1. The van der Waals surface area contributed by atoms with E-state index in [9.17, 15) is 9.18 Å². The molecule has 9 heteroatoms. The Bertz CT molecular complexity index is 1550. The monoisotopic (exact) mass is 577 g/mol. The van der Waals surface area contributed by atoms with E-state index in [0.29, 0.717) is 28.6 Å². The third kappa shape index (κ3) is 6.10. The Morgan fingerprint density at radius 1 is 1.10 bits per heavy atom. The fourth-order valence-electron chi connectivity index (χ4n) is 5.72. The number of piperidine rings is 1. The van der Waals surface area contributed by atoms with Crippen molar-refractivity contribution in [3.8, 4) is 5.75 Å². The van der Waals surface area contributed by atoms with Crippen LogP contribution >= 0.6 is 11.6 Å². The van der Waals surface area contributed by atoms with Crippen LogP contribution < -0.4 is 4.74 Å². The molecule has 41 heavy (non-hydrogen) atoms. The Labute approximate surface area is 243 Å². The van der Waals surface area contributed by atoms with Crippen LogP contribution in [0.3, 0.4) is 0 Å². The van der Waals surface area contributed by atoms with E-state index in [0.717, 1.165) is 73.7 Å². The van der Waals surface area contributed by atoms with Crippen molar-refractivity contribution in [1.82, 2.24) is 14.5 Å². The van der Waals surface area contributed by atoms with Crippen molar-refractivity contribution in [2.45, 2.75) is 51.0 Å². The fraction of sp³-hybridized carbons (Fsp3) is 0.375. The van der Waals surface area contributed by atoms with E-state index >= 15 is 0 Å². The molecule has 4 aromatic rings. The molecular weight excluding hydrogens is 545 g/mol. The van der Waals surface area contributed by atoms with Crippen molar-refractivity contribution in [2.24, 2.45) is 0 Å². The summed E-state index contributed by atoms with van der Waals surface area (Å²) in [6.45, 7) is 4.20. The maximum absolute atomic E-state index is 14.3. The van der Waals surface area contributed by atoms with Crippen LogP contribution in [0.25, 0.3) is 11.0 Å². The molecule has 6 rings (SSSR count). The molecule has 3 heterocycles. The van der Waals surface area contributed by atoms with Gasteiger partial charge in [-0.15, -0.1) is 0 Å². The Balaban J connectivity index is 1.14. The van der Waals surface area contributed by atoms with E-state index in [2.05, 4.69) is 15.5 Å². The zero-order valence-corrected chi connectivity index (χ0v) is 23.8. The summed E-state index contributed by atoms with van der Waals surface area (Å²) in [6, 6.07) is 18.2. The van der Waals surface area contributed by atoms with Gasteiger partial charge in [-0.3, -0.25) is 4.90 Å². The summed E-state index contributed by atoms with van der Waals surface area (Å²) in [5.41, 5.74) is 3.95. The zero-order valence-electron chi connectivity index (χ0n) is 23.0. The second-order valence-electron chi connectivity index (χ2n) is 10.7. The summed E-state index contributed by atoms with van der Waals surface area (Å²) < 4.78 is 33.3. The lowest BCUT2D eigenvalue weighted by atomic mass is 9.89. The van der Waals surface area contributed by atoms with Crippen LogP contribution in [0.15, 0.2) is 60.7 Å². The van der Waals surface area contributed by atoms with Crippen molar-refractivity contribution in [2.75, 3.05) is 26.8 Å². The van der Waals surface area contributed by atoms with Gasteiger partial charge in [-0.05, 0) is 80.2 Å². The number of methoxy groups -OCH3 is 1. The van der Waals surface area contributed by atoms with E-state index < -0.39 is 0 Å². The summed E-state index contributed by atoms with van der Waals surface area (Å²) in [6.07, 6.45) is 3.15. The lowest BCUT2D eigenvalue weighted by Crippen LogP contribution is -2.35. The number of nitrogens with zero attached hydrogens (tertiary/aromatic N) is 3. The smallest absolute Gasteiger partial charge is 0.337 e. The van der Waals surface area contributed by atoms with Crippen molar-refractivity contribution < 1.29 is 23.4 Å². The van der Waals surface area contributed by atoms with Gasteiger partial charge in [0.05, 0.1) is 42.9 Å². The third-order valence-corrected chi connectivity index (χ3v) is 8.37. The van der Waals surface area contributed by atoms with E-state index in [1.165, 1.54) is 13.2 Å². The number of hydrogen-bond donors (Lipinski definition) is 0. The molecule has 0 amide bonds. The molecule has 7 nitrogen and oxygen atoms in total. The molecular formula is C32H33ClFN3O4. The Morgan fingerprint density at radius 3 is 2.63 bits per heavy atom. The molecule has 2 fully saturated rings. The average Bonchev–Trinajstić information content (AvgIpc) is 3.30. The number of halogens is 2. The molecule has 0 unspecified atom stereocenters. The maximum atomic E-state index is 14.3. The number of carbonyl (C=O) groups excluding carboxylic acids is 1. The summed E-state index contributed by atoms with van der Waals surface area (Å²) in [5.74, 6) is 1.40. The van der Waals surface area contributed by atoms with E-state index in [-0.39, 0.29) is 24.5 Å². The largest absolute Gasteiger partial charge is 0.489 e. The van der Waals surface area contributed by atoms with Gasteiger partial charge in [-0.1, -0.05) is 35.9 Å². The maximum Gasteiger partial charge on any atom is 0.337 e. The number of likely N-dealkylation sites (tertiary alicyclic amines) is 1. The second kappa shape index (κ2) is 12.2. The normalized spacial score (nSPS) is 17.9. The highest BCUT2D eigenvalue weighted by molar-refractivity contribution is 6.30. The Kier molecular flexibility index (Phi) is 8.23. The van der Waals surface area contributed by atoms with Gasteiger partial charge in [0, 0.05) is 17.2 Å². The fourth-order valence-corrected chi connectivity index (χ4v) is 5.88. The van der Waals surface area contributed by atoms with E-state index in [1.807, 2.05) is 30.3 Å². The molecule has 0 aliphatic carbocycles. The molecule has 214 valence electrons. The molecule has 0 radical (unpaired) electrons. The first-order valence-corrected chi connectivity index (χ1v) is 14.4. The first-order valence-electron chi connectivity index (χ1n) is 14.1. The number of rotatable bonds is 9.